The van der Waals surface area contributed by atoms with Gasteiger partial charge < -0.3 is 0 Å². The molecule has 1 fully saturated rings. The molecule has 1 radical (unpaired) electrons. The predicted octanol–water partition coefficient (Wildman–Crippen LogP) is 2.34. The van der Waals surface area contributed by atoms with Gasteiger partial charge in [-0.3, -0.25) is 0 Å². The van der Waals surface area contributed by atoms with E-state index in [1.165, 1.54) is 0 Å². The molecule has 1 saturated carbocycles. The van der Waals surface area contributed by atoms with E-state index in [9.17, 15) is 13.2 Å². The summed E-state index contributed by atoms with van der Waals surface area (Å²) in [6, 6.07) is 0.0148. The molecule has 107 valence electrons. The summed E-state index contributed by atoms with van der Waals surface area (Å²) in [5.41, 5.74) is 0.840. The molecule has 20 heavy (non-hydrogen) atoms. The van der Waals surface area contributed by atoms with Crippen LogP contribution in [0.4, 0.5) is 13.2 Å². The van der Waals surface area contributed by atoms with E-state index in [0.29, 0.717) is 20.4 Å². The van der Waals surface area contributed by atoms with Crippen molar-refractivity contribution in [2.24, 2.45) is 0 Å². The maximum atomic E-state index is 12.9. The van der Waals surface area contributed by atoms with Gasteiger partial charge in [-0.1, -0.05) is 0 Å². The Kier molecular flexibility index (Phi) is 3.27. The van der Waals surface area contributed by atoms with E-state index in [-0.39, 0.29) is 21.8 Å². The Hall–Kier alpha value is -1.10. The normalized spacial score (nSPS) is 16.9. The fourth-order valence-electron chi connectivity index (χ4n) is 1.87. The number of nitrogens with zero attached hydrogens (tertiary/aromatic N) is 4. The van der Waals surface area contributed by atoms with Crippen molar-refractivity contribution in [2.45, 2.75) is 43.6 Å². The number of aromatic nitrogens is 4. The van der Waals surface area contributed by atoms with E-state index in [4.69, 9.17) is 0 Å². The topological polar surface area (TPSA) is 43.6 Å². The number of hydrogen-bond donors (Lipinski definition) is 0. The molecule has 4 nitrogen and oxygen atoms in total. The van der Waals surface area contributed by atoms with Gasteiger partial charge in [0.1, 0.15) is 0 Å². The van der Waals surface area contributed by atoms with Crippen LogP contribution in [0.1, 0.15) is 38.6 Å². The summed E-state index contributed by atoms with van der Waals surface area (Å²) >= 11 is -0.364. The van der Waals surface area contributed by atoms with Gasteiger partial charge in [0.05, 0.1) is 0 Å². The number of hydrogen-bond acceptors (Lipinski definition) is 3. The zero-order valence-corrected chi connectivity index (χ0v) is 12.9. The van der Waals surface area contributed by atoms with E-state index < -0.39 is 12.0 Å². The van der Waals surface area contributed by atoms with Crippen LogP contribution in [0.3, 0.4) is 0 Å². The predicted molar refractivity (Wildman–Crippen MR) is 69.1 cm³/mol. The number of rotatable bonds is 3. The van der Waals surface area contributed by atoms with Gasteiger partial charge in [-0.05, 0) is 0 Å². The Labute approximate surface area is 120 Å². The minimum atomic E-state index is -4.51. The molecule has 0 aliphatic heterocycles. The summed E-state index contributed by atoms with van der Waals surface area (Å²) < 4.78 is 41.6. The first-order chi connectivity index (χ1) is 9.36. The zero-order chi connectivity index (χ0) is 14.5. The fraction of sp³-hybridized carbons (Fsp3) is 0.583. The van der Waals surface area contributed by atoms with Crippen molar-refractivity contribution < 1.29 is 13.2 Å². The Morgan fingerprint density at radius 1 is 1.30 bits per heavy atom. The van der Waals surface area contributed by atoms with Crippen LogP contribution in [-0.4, -0.2) is 35.3 Å². The molecule has 1 aliphatic carbocycles. The third kappa shape index (κ3) is 2.55. The molecule has 2 heterocycles. The monoisotopic (exact) mass is 345 g/mol. The molecule has 0 aromatic carbocycles. The molecule has 3 rings (SSSR count). The standard InChI is InChI=1S/C12H13AsF3N4/c1-6(2)20-5-17-8-9(13-7-3-4-7)18-11(12(14,15)16)19-10(8)20/h5-7H,3-4H2,1-2H3. The van der Waals surface area contributed by atoms with Crippen molar-refractivity contribution in [1.82, 2.24) is 19.5 Å². The van der Waals surface area contributed by atoms with Gasteiger partial charge in [-0.2, -0.15) is 0 Å². The SMILES string of the molecule is CC(C)n1cnc2c([As]C3CC3)nc(C(F)(F)F)nc21. The molecule has 0 bridgehead atoms. The Morgan fingerprint density at radius 3 is 2.55 bits per heavy atom. The first kappa shape index (κ1) is 13.9. The van der Waals surface area contributed by atoms with Crippen LogP contribution in [0.15, 0.2) is 6.33 Å². The molecule has 0 spiro atoms. The molecule has 0 amide bonds. The van der Waals surface area contributed by atoms with E-state index in [2.05, 4.69) is 15.0 Å². The average Bonchev–Trinajstić information content (AvgIpc) is 3.04. The number of fused-ring (bicyclic) bond motifs is 1. The second-order valence-electron chi connectivity index (χ2n) is 5.15. The van der Waals surface area contributed by atoms with E-state index in [0.717, 1.165) is 12.8 Å². The van der Waals surface area contributed by atoms with Crippen molar-refractivity contribution in [3.63, 3.8) is 0 Å². The second kappa shape index (κ2) is 4.72. The quantitative estimate of drug-likeness (QED) is 0.802. The molecular weight excluding hydrogens is 332 g/mol. The first-order valence-electron chi connectivity index (χ1n) is 6.39. The third-order valence-corrected chi connectivity index (χ3v) is 6.08. The van der Waals surface area contributed by atoms with E-state index in [1.807, 2.05) is 13.8 Å². The minimum absolute atomic E-state index is 0.0148. The Morgan fingerprint density at radius 2 is 2.00 bits per heavy atom. The van der Waals surface area contributed by atoms with Gasteiger partial charge in [-0.25, -0.2) is 0 Å². The van der Waals surface area contributed by atoms with Crippen molar-refractivity contribution >= 4 is 31.4 Å². The van der Waals surface area contributed by atoms with Gasteiger partial charge in [0.2, 0.25) is 0 Å². The Balaban J connectivity index is 2.18. The van der Waals surface area contributed by atoms with Crippen LogP contribution < -0.4 is 4.48 Å². The van der Waals surface area contributed by atoms with Crippen LogP contribution in [0.2, 0.25) is 4.71 Å². The number of halogens is 3. The molecule has 0 saturated heterocycles. The van der Waals surface area contributed by atoms with Crippen molar-refractivity contribution in [1.29, 1.82) is 0 Å². The summed E-state index contributed by atoms with van der Waals surface area (Å²) in [6.45, 7) is 3.79. The molecule has 0 N–H and O–H groups in total. The molecular formula is C12H13AsF3N4. The van der Waals surface area contributed by atoms with Gasteiger partial charge in [0, 0.05) is 0 Å². The van der Waals surface area contributed by atoms with Crippen molar-refractivity contribution in [3.8, 4) is 0 Å². The van der Waals surface area contributed by atoms with Crippen LogP contribution in [0, 0.1) is 0 Å². The van der Waals surface area contributed by atoms with Crippen LogP contribution in [0.25, 0.3) is 11.2 Å². The van der Waals surface area contributed by atoms with E-state index >= 15 is 0 Å². The average molecular weight is 345 g/mol. The van der Waals surface area contributed by atoms with Crippen molar-refractivity contribution in [3.05, 3.63) is 12.2 Å². The zero-order valence-electron chi connectivity index (χ0n) is 11.0. The molecule has 2 aromatic heterocycles. The summed E-state index contributed by atoms with van der Waals surface area (Å²) in [6.07, 6.45) is -0.767. The number of alkyl halides is 3. The van der Waals surface area contributed by atoms with Crippen molar-refractivity contribution in [2.75, 3.05) is 0 Å². The number of imidazole rings is 1. The molecule has 8 heteroatoms. The van der Waals surface area contributed by atoms with Gasteiger partial charge >= 0.3 is 120 Å². The molecule has 0 atom stereocenters. The summed E-state index contributed by atoms with van der Waals surface area (Å²) in [7, 11) is 0. The van der Waals surface area contributed by atoms with Gasteiger partial charge in [0.25, 0.3) is 0 Å². The van der Waals surface area contributed by atoms with Crippen LogP contribution in [-0.2, 0) is 6.18 Å². The third-order valence-electron chi connectivity index (χ3n) is 3.06. The molecule has 0 unspecified atom stereocenters. The molecule has 2 aromatic rings. The second-order valence-corrected chi connectivity index (χ2v) is 8.11. The van der Waals surface area contributed by atoms with Crippen LogP contribution in [0.5, 0.6) is 0 Å². The Bertz CT molecular complexity index is 646. The van der Waals surface area contributed by atoms with Gasteiger partial charge in [-0.15, -0.1) is 0 Å². The summed E-state index contributed by atoms with van der Waals surface area (Å²) in [5.74, 6) is -1.04. The molecule has 1 aliphatic rings. The summed E-state index contributed by atoms with van der Waals surface area (Å²) in [5, 5.41) is 0. The van der Waals surface area contributed by atoms with E-state index in [1.54, 1.807) is 10.9 Å². The van der Waals surface area contributed by atoms with Crippen LogP contribution >= 0.6 is 0 Å². The maximum absolute atomic E-state index is 12.9. The fourth-order valence-corrected chi connectivity index (χ4v) is 4.36. The summed E-state index contributed by atoms with van der Waals surface area (Å²) in [4.78, 5) is 11.7. The first-order valence-corrected chi connectivity index (χ1v) is 8.41. The van der Waals surface area contributed by atoms with Gasteiger partial charge in [0.15, 0.2) is 0 Å².